The van der Waals surface area contributed by atoms with Crippen LogP contribution in [0.25, 0.3) is 0 Å². The second kappa shape index (κ2) is 8.11. The first-order valence-electron chi connectivity index (χ1n) is 8.91. The molecule has 7 nitrogen and oxygen atoms in total. The summed E-state index contributed by atoms with van der Waals surface area (Å²) in [4.78, 5) is 15.8. The van der Waals surface area contributed by atoms with Gasteiger partial charge < -0.3 is 21.3 Å². The predicted molar refractivity (Wildman–Crippen MR) is 102 cm³/mol. The molecule has 0 aromatic carbocycles. The first-order chi connectivity index (χ1) is 12.2. The molecule has 0 bridgehead atoms. The Morgan fingerprint density at radius 2 is 2.00 bits per heavy atom. The maximum absolute atomic E-state index is 5.49. The predicted octanol–water partition coefficient (Wildman–Crippen LogP) is 2.67. The molecule has 1 aliphatic rings. The van der Waals surface area contributed by atoms with Crippen molar-refractivity contribution in [2.24, 2.45) is 5.73 Å². The third-order valence-electron chi connectivity index (χ3n) is 4.63. The van der Waals surface area contributed by atoms with Crippen molar-refractivity contribution in [1.29, 1.82) is 0 Å². The van der Waals surface area contributed by atoms with E-state index in [1.165, 1.54) is 25.7 Å². The zero-order valence-corrected chi connectivity index (χ0v) is 15.0. The smallest absolute Gasteiger partial charge is 0.230 e. The molecular formula is C18H27N7. The summed E-state index contributed by atoms with van der Waals surface area (Å²) in [6.45, 7) is 3.38. The Morgan fingerprint density at radius 3 is 2.68 bits per heavy atom. The molecule has 0 saturated heterocycles. The molecule has 0 amide bonds. The lowest BCUT2D eigenvalue weighted by Crippen LogP contribution is -2.30. The fraction of sp³-hybridized carbons (Fsp3) is 0.500. The Morgan fingerprint density at radius 1 is 1.20 bits per heavy atom. The van der Waals surface area contributed by atoms with Gasteiger partial charge in [-0.3, -0.25) is 0 Å². The first kappa shape index (κ1) is 17.4. The summed E-state index contributed by atoms with van der Waals surface area (Å²) in [6, 6.07) is 4.44. The van der Waals surface area contributed by atoms with Crippen molar-refractivity contribution in [3.63, 3.8) is 0 Å². The molecule has 2 aromatic rings. The molecule has 0 aliphatic heterocycles. The monoisotopic (exact) mass is 341 g/mol. The number of anilines is 4. The molecule has 1 aliphatic carbocycles. The van der Waals surface area contributed by atoms with E-state index in [9.17, 15) is 0 Å². The third-order valence-corrected chi connectivity index (χ3v) is 4.63. The van der Waals surface area contributed by atoms with Gasteiger partial charge >= 0.3 is 0 Å². The number of pyridine rings is 1. The molecule has 4 N–H and O–H groups in total. The molecule has 25 heavy (non-hydrogen) atoms. The minimum Gasteiger partial charge on any atom is -0.383 e. The highest BCUT2D eigenvalue weighted by molar-refractivity contribution is 5.56. The molecule has 0 spiro atoms. The van der Waals surface area contributed by atoms with Crippen LogP contribution in [0.4, 0.5) is 23.3 Å². The Kier molecular flexibility index (Phi) is 5.65. The van der Waals surface area contributed by atoms with Crippen molar-refractivity contribution >= 4 is 23.3 Å². The Balaban J connectivity index is 1.71. The molecule has 1 saturated carbocycles. The maximum Gasteiger partial charge on any atom is 0.230 e. The minimum absolute atomic E-state index is 0.570. The van der Waals surface area contributed by atoms with Crippen molar-refractivity contribution in [3.8, 4) is 0 Å². The lowest BCUT2D eigenvalue weighted by Gasteiger charge is -2.27. The van der Waals surface area contributed by atoms with Gasteiger partial charge in [-0.05, 0) is 31.9 Å². The van der Waals surface area contributed by atoms with Crippen LogP contribution >= 0.6 is 0 Å². The van der Waals surface area contributed by atoms with Crippen LogP contribution < -0.4 is 21.3 Å². The lowest BCUT2D eigenvalue weighted by atomic mass is 10.2. The summed E-state index contributed by atoms with van der Waals surface area (Å²) in [5, 5.41) is 6.38. The lowest BCUT2D eigenvalue weighted by molar-refractivity contribution is 0.644. The van der Waals surface area contributed by atoms with Gasteiger partial charge in [-0.25, -0.2) is 9.97 Å². The van der Waals surface area contributed by atoms with Crippen LogP contribution in [-0.4, -0.2) is 41.1 Å². The normalized spacial score (nSPS) is 14.5. The largest absolute Gasteiger partial charge is 0.383 e. The fourth-order valence-corrected chi connectivity index (χ4v) is 3.22. The van der Waals surface area contributed by atoms with E-state index >= 15 is 0 Å². The Hall–Kier alpha value is -2.41. The van der Waals surface area contributed by atoms with Gasteiger partial charge in [0.15, 0.2) is 0 Å². The second-order valence-corrected chi connectivity index (χ2v) is 6.52. The van der Waals surface area contributed by atoms with E-state index in [1.807, 2.05) is 18.3 Å². The van der Waals surface area contributed by atoms with Crippen LogP contribution in [0.5, 0.6) is 0 Å². The third kappa shape index (κ3) is 4.36. The molecule has 3 rings (SSSR count). The molecule has 7 heteroatoms. The fourth-order valence-electron chi connectivity index (χ4n) is 3.22. The van der Waals surface area contributed by atoms with E-state index in [0.717, 1.165) is 29.4 Å². The summed E-state index contributed by atoms with van der Waals surface area (Å²) in [7, 11) is 2.13. The zero-order chi connectivity index (χ0) is 17.6. The van der Waals surface area contributed by atoms with E-state index in [2.05, 4.69) is 39.5 Å². The summed E-state index contributed by atoms with van der Waals surface area (Å²) >= 11 is 0. The Labute approximate surface area is 149 Å². The van der Waals surface area contributed by atoms with Gasteiger partial charge in [0, 0.05) is 37.9 Å². The molecule has 1 fully saturated rings. The van der Waals surface area contributed by atoms with Crippen molar-refractivity contribution in [1.82, 2.24) is 15.0 Å². The summed E-state index contributed by atoms with van der Waals surface area (Å²) < 4.78 is 0. The van der Waals surface area contributed by atoms with Gasteiger partial charge in [-0.1, -0.05) is 12.8 Å². The summed E-state index contributed by atoms with van der Waals surface area (Å²) in [5.74, 6) is 2.28. The van der Waals surface area contributed by atoms with Gasteiger partial charge in [-0.15, -0.1) is 0 Å². The second-order valence-electron chi connectivity index (χ2n) is 6.52. The van der Waals surface area contributed by atoms with Gasteiger partial charge in [0.05, 0.1) is 11.9 Å². The highest BCUT2D eigenvalue weighted by atomic mass is 15.2. The quantitative estimate of drug-likeness (QED) is 0.713. The number of hydrogen-bond acceptors (Lipinski definition) is 7. The number of nitrogens with one attached hydrogen (secondary N) is 2. The van der Waals surface area contributed by atoms with Gasteiger partial charge in [0.1, 0.15) is 11.6 Å². The highest BCUT2D eigenvalue weighted by Crippen LogP contribution is 2.28. The topological polar surface area (TPSA) is 92.0 Å². The first-order valence-corrected chi connectivity index (χ1v) is 8.91. The van der Waals surface area contributed by atoms with Gasteiger partial charge in [-0.2, -0.15) is 4.98 Å². The molecule has 0 atom stereocenters. The minimum atomic E-state index is 0.570. The zero-order valence-electron chi connectivity index (χ0n) is 15.0. The van der Waals surface area contributed by atoms with Gasteiger partial charge in [0.25, 0.3) is 0 Å². The van der Waals surface area contributed by atoms with Crippen molar-refractivity contribution < 1.29 is 0 Å². The number of rotatable bonds is 7. The molecule has 0 unspecified atom stereocenters. The van der Waals surface area contributed by atoms with E-state index in [0.29, 0.717) is 18.5 Å². The summed E-state index contributed by atoms with van der Waals surface area (Å²) in [6.07, 6.45) is 8.73. The number of aromatic nitrogens is 3. The summed E-state index contributed by atoms with van der Waals surface area (Å²) in [5.41, 5.74) is 7.53. The SMILES string of the molecule is Cc1cnc(Nc2ccc(NCCN)cn2)nc1N(C)C1CCCC1. The van der Waals surface area contributed by atoms with Crippen LogP contribution in [0.1, 0.15) is 31.2 Å². The molecule has 134 valence electrons. The molecular weight excluding hydrogens is 314 g/mol. The van der Waals surface area contributed by atoms with E-state index in [-0.39, 0.29) is 0 Å². The van der Waals surface area contributed by atoms with E-state index in [1.54, 1.807) is 6.20 Å². The average Bonchev–Trinajstić information content (AvgIpc) is 3.17. The Bertz CT molecular complexity index is 680. The van der Waals surface area contributed by atoms with Crippen LogP contribution in [0, 0.1) is 6.92 Å². The standard InChI is InChI=1S/C18H27N7/c1-13-11-22-18(24-17(13)25(2)15-5-3-4-6-15)23-16-8-7-14(12-21-16)20-10-9-19/h7-8,11-12,15,20H,3-6,9-10,19H2,1-2H3,(H,21,22,23,24). The average molecular weight is 341 g/mol. The van der Waals surface area contributed by atoms with Crippen LogP contribution in [-0.2, 0) is 0 Å². The molecule has 2 heterocycles. The van der Waals surface area contributed by atoms with Crippen LogP contribution in [0.3, 0.4) is 0 Å². The maximum atomic E-state index is 5.49. The number of nitrogens with zero attached hydrogens (tertiary/aromatic N) is 4. The van der Waals surface area contributed by atoms with E-state index in [4.69, 9.17) is 10.7 Å². The van der Waals surface area contributed by atoms with Crippen molar-refractivity contribution in [2.75, 3.05) is 35.7 Å². The van der Waals surface area contributed by atoms with Crippen LogP contribution in [0.2, 0.25) is 0 Å². The number of aryl methyl sites for hydroxylation is 1. The molecule has 2 aromatic heterocycles. The number of nitrogens with two attached hydrogens (primary N) is 1. The van der Waals surface area contributed by atoms with Crippen molar-refractivity contribution in [2.45, 2.75) is 38.6 Å². The van der Waals surface area contributed by atoms with Crippen LogP contribution in [0.15, 0.2) is 24.5 Å². The van der Waals surface area contributed by atoms with E-state index < -0.39 is 0 Å². The van der Waals surface area contributed by atoms with Crippen molar-refractivity contribution in [3.05, 3.63) is 30.1 Å². The number of hydrogen-bond donors (Lipinski definition) is 3. The highest BCUT2D eigenvalue weighted by Gasteiger charge is 2.22. The molecule has 0 radical (unpaired) electrons. The van der Waals surface area contributed by atoms with Gasteiger partial charge in [0.2, 0.25) is 5.95 Å².